The highest BCUT2D eigenvalue weighted by molar-refractivity contribution is 6.11. The summed E-state index contributed by atoms with van der Waals surface area (Å²) in [5, 5.41) is 15.8. The lowest BCUT2D eigenvalue weighted by Gasteiger charge is -2.21. The van der Waals surface area contributed by atoms with Crippen LogP contribution in [0.2, 0.25) is 0 Å². The second-order valence-electron chi connectivity index (χ2n) is 17.7. The molecule has 0 saturated heterocycles. The molecule has 10 aromatic rings. The molecule has 290 valence electrons. The van der Waals surface area contributed by atoms with Crippen molar-refractivity contribution >= 4 is 43.6 Å². The van der Waals surface area contributed by atoms with Crippen LogP contribution in [0.1, 0.15) is 58.2 Å². The molecule has 3 aromatic heterocycles. The van der Waals surface area contributed by atoms with Crippen LogP contribution < -0.4 is 0 Å². The van der Waals surface area contributed by atoms with Gasteiger partial charge in [0.1, 0.15) is 6.07 Å². The Morgan fingerprint density at radius 2 is 0.833 bits per heavy atom. The van der Waals surface area contributed by atoms with E-state index in [0.29, 0.717) is 23.0 Å². The van der Waals surface area contributed by atoms with Crippen LogP contribution in [0.4, 0.5) is 0 Å². The van der Waals surface area contributed by atoms with Crippen molar-refractivity contribution in [3.63, 3.8) is 0 Å². The van der Waals surface area contributed by atoms with Gasteiger partial charge in [-0.2, -0.15) is 5.26 Å². The SMILES string of the molecule is CC(C)(C)c1ccc2c(c1)c1ccccc1n2-c1cc(-n2c3ccccc3c3cc(C(C)(C)C)ccc32)c(-c2nc(-c3ccccc3)nc(-c3ccccc3)n2)cc1C#N. The molecule has 0 atom stereocenters. The maximum atomic E-state index is 11.2. The van der Waals surface area contributed by atoms with Gasteiger partial charge < -0.3 is 9.13 Å². The summed E-state index contributed by atoms with van der Waals surface area (Å²) < 4.78 is 4.59. The van der Waals surface area contributed by atoms with Crippen molar-refractivity contribution in [1.82, 2.24) is 24.1 Å². The van der Waals surface area contributed by atoms with Crippen LogP contribution in [-0.2, 0) is 10.8 Å². The summed E-state index contributed by atoms with van der Waals surface area (Å²) in [6.07, 6.45) is 0. The standard InChI is InChI=1S/C54H44N6/c1-53(2,3)37-25-27-46-41(30-37)39-21-13-15-23-44(39)59(46)48-32-49(60-45-24-16-14-22-40(45)42-31-38(54(4,5)6)26-28-47(42)60)43(29-36(48)33-55)52-57-50(34-17-9-7-10-18-34)56-51(58-52)35-19-11-8-12-20-35/h7-32H,1-6H3. The summed E-state index contributed by atoms with van der Waals surface area (Å²) in [6.45, 7) is 13.5. The fraction of sp³-hybridized carbons (Fsp3) is 0.148. The summed E-state index contributed by atoms with van der Waals surface area (Å²) in [7, 11) is 0. The maximum Gasteiger partial charge on any atom is 0.166 e. The summed E-state index contributed by atoms with van der Waals surface area (Å²) in [6, 6.07) is 57.5. The minimum atomic E-state index is -0.0416. The smallest absolute Gasteiger partial charge is 0.166 e. The van der Waals surface area contributed by atoms with E-state index in [2.05, 4.69) is 148 Å². The van der Waals surface area contributed by atoms with Gasteiger partial charge in [-0.25, -0.2) is 15.0 Å². The van der Waals surface area contributed by atoms with Crippen molar-refractivity contribution in [3.8, 4) is 51.6 Å². The Balaban J connectivity index is 1.35. The summed E-state index contributed by atoms with van der Waals surface area (Å²) in [5.41, 5.74) is 11.2. The first kappa shape index (κ1) is 36.9. The number of nitriles is 1. The zero-order valence-corrected chi connectivity index (χ0v) is 34.7. The van der Waals surface area contributed by atoms with Crippen molar-refractivity contribution in [1.29, 1.82) is 5.26 Å². The number of benzene rings is 7. The number of hydrogen-bond acceptors (Lipinski definition) is 4. The van der Waals surface area contributed by atoms with Gasteiger partial charge in [0.15, 0.2) is 17.5 Å². The molecule has 0 fully saturated rings. The highest BCUT2D eigenvalue weighted by Crippen LogP contribution is 2.42. The molecule has 10 rings (SSSR count). The molecule has 0 spiro atoms. The Kier molecular flexibility index (Phi) is 8.55. The number of hydrogen-bond donors (Lipinski definition) is 0. The van der Waals surface area contributed by atoms with E-state index < -0.39 is 0 Å². The number of fused-ring (bicyclic) bond motifs is 6. The van der Waals surface area contributed by atoms with Gasteiger partial charge in [-0.3, -0.25) is 0 Å². The van der Waals surface area contributed by atoms with Crippen LogP contribution in [0.25, 0.3) is 89.2 Å². The highest BCUT2D eigenvalue weighted by Gasteiger charge is 2.26. The fourth-order valence-electron chi connectivity index (χ4n) is 8.54. The van der Waals surface area contributed by atoms with E-state index in [-0.39, 0.29) is 10.8 Å². The Hall–Kier alpha value is -7.36. The molecule has 0 radical (unpaired) electrons. The molecule has 0 aliphatic carbocycles. The Bertz CT molecular complexity index is 3280. The molecule has 60 heavy (non-hydrogen) atoms. The molecule has 0 bridgehead atoms. The lowest BCUT2D eigenvalue weighted by Crippen LogP contribution is -2.11. The average Bonchev–Trinajstić information content (AvgIpc) is 3.78. The third kappa shape index (κ3) is 6.13. The predicted molar refractivity (Wildman–Crippen MR) is 247 cm³/mol. The van der Waals surface area contributed by atoms with E-state index >= 15 is 0 Å². The molecular formula is C54H44N6. The molecule has 0 unspecified atom stereocenters. The van der Waals surface area contributed by atoms with Gasteiger partial charge in [-0.1, -0.05) is 151 Å². The van der Waals surface area contributed by atoms with Crippen LogP contribution in [0.3, 0.4) is 0 Å². The lowest BCUT2D eigenvalue weighted by molar-refractivity contribution is 0.591. The summed E-state index contributed by atoms with van der Waals surface area (Å²) >= 11 is 0. The molecule has 7 aromatic carbocycles. The second-order valence-corrected chi connectivity index (χ2v) is 17.7. The number of rotatable bonds is 5. The first-order valence-electron chi connectivity index (χ1n) is 20.5. The first-order chi connectivity index (χ1) is 29.0. The number of para-hydroxylation sites is 2. The van der Waals surface area contributed by atoms with Gasteiger partial charge >= 0.3 is 0 Å². The van der Waals surface area contributed by atoms with Crippen molar-refractivity contribution in [3.05, 3.63) is 174 Å². The summed E-state index contributed by atoms with van der Waals surface area (Å²) in [5.74, 6) is 1.60. The number of nitrogens with zero attached hydrogens (tertiary/aromatic N) is 6. The van der Waals surface area contributed by atoms with Crippen molar-refractivity contribution in [2.24, 2.45) is 0 Å². The van der Waals surface area contributed by atoms with Gasteiger partial charge in [-0.15, -0.1) is 0 Å². The highest BCUT2D eigenvalue weighted by atomic mass is 15.1. The molecule has 0 N–H and O–H groups in total. The minimum absolute atomic E-state index is 0.0326. The third-order valence-corrected chi connectivity index (χ3v) is 11.7. The molecule has 0 saturated carbocycles. The summed E-state index contributed by atoms with van der Waals surface area (Å²) in [4.78, 5) is 15.5. The van der Waals surface area contributed by atoms with E-state index in [1.807, 2.05) is 66.7 Å². The molecule has 6 nitrogen and oxygen atoms in total. The molecule has 0 aliphatic heterocycles. The maximum absolute atomic E-state index is 11.2. The monoisotopic (exact) mass is 776 g/mol. The van der Waals surface area contributed by atoms with Crippen LogP contribution in [0.15, 0.2) is 158 Å². The van der Waals surface area contributed by atoms with Gasteiger partial charge in [-0.05, 0) is 70.5 Å². The molecule has 0 aliphatic rings. The quantitative estimate of drug-likeness (QED) is 0.174. The van der Waals surface area contributed by atoms with Crippen molar-refractivity contribution in [2.75, 3.05) is 0 Å². The first-order valence-corrected chi connectivity index (χ1v) is 20.5. The number of aromatic nitrogens is 5. The lowest BCUT2D eigenvalue weighted by atomic mass is 9.86. The largest absolute Gasteiger partial charge is 0.308 e. The van der Waals surface area contributed by atoms with Gasteiger partial charge in [0.05, 0.1) is 39.0 Å². The van der Waals surface area contributed by atoms with E-state index in [9.17, 15) is 5.26 Å². The fourth-order valence-corrected chi connectivity index (χ4v) is 8.54. The third-order valence-electron chi connectivity index (χ3n) is 11.7. The van der Waals surface area contributed by atoms with Crippen LogP contribution in [0, 0.1) is 11.3 Å². The zero-order chi connectivity index (χ0) is 41.3. The van der Waals surface area contributed by atoms with Crippen LogP contribution in [0.5, 0.6) is 0 Å². The Morgan fingerprint density at radius 3 is 1.30 bits per heavy atom. The van der Waals surface area contributed by atoms with Crippen LogP contribution in [-0.4, -0.2) is 24.1 Å². The van der Waals surface area contributed by atoms with Gasteiger partial charge in [0.25, 0.3) is 0 Å². The van der Waals surface area contributed by atoms with E-state index in [1.54, 1.807) is 0 Å². The zero-order valence-electron chi connectivity index (χ0n) is 34.7. The van der Waals surface area contributed by atoms with Gasteiger partial charge in [0.2, 0.25) is 0 Å². The molecule has 6 heteroatoms. The predicted octanol–water partition coefficient (Wildman–Crippen LogP) is 13.5. The van der Waals surface area contributed by atoms with Gasteiger partial charge in [0, 0.05) is 38.2 Å². The molecule has 3 heterocycles. The average molecular weight is 777 g/mol. The minimum Gasteiger partial charge on any atom is -0.308 e. The van der Waals surface area contributed by atoms with E-state index in [0.717, 1.165) is 71.7 Å². The van der Waals surface area contributed by atoms with Crippen molar-refractivity contribution < 1.29 is 0 Å². The Labute approximate surface area is 350 Å². The Morgan fingerprint density at radius 1 is 0.417 bits per heavy atom. The molecular weight excluding hydrogens is 733 g/mol. The topological polar surface area (TPSA) is 72.3 Å². The van der Waals surface area contributed by atoms with Crippen molar-refractivity contribution in [2.45, 2.75) is 52.4 Å². The van der Waals surface area contributed by atoms with E-state index in [4.69, 9.17) is 15.0 Å². The molecule has 0 amide bonds. The van der Waals surface area contributed by atoms with E-state index in [1.165, 1.54) is 11.1 Å². The van der Waals surface area contributed by atoms with Crippen LogP contribution >= 0.6 is 0 Å². The normalized spacial score (nSPS) is 12.2. The second kappa shape index (κ2) is 13.9.